The molecular weight excluding hydrogens is 928 g/mol. The maximum Gasteiger partial charge on any atom is 0.293 e. The Morgan fingerprint density at radius 3 is 2.57 bits per heavy atom. The Morgan fingerprint density at radius 1 is 1.00 bits per heavy atom. The number of alkyl halides is 2. The molecule has 4 aliphatic heterocycles. The van der Waals surface area contributed by atoms with Gasteiger partial charge in [0.2, 0.25) is 5.88 Å². The van der Waals surface area contributed by atoms with Crippen LogP contribution >= 0.6 is 11.6 Å². The summed E-state index contributed by atoms with van der Waals surface area (Å²) in [6.07, 6.45) is 6.54. The van der Waals surface area contributed by atoms with Gasteiger partial charge in [0.1, 0.15) is 23.6 Å². The maximum absolute atomic E-state index is 14.6. The van der Waals surface area contributed by atoms with Gasteiger partial charge in [0, 0.05) is 86.6 Å². The van der Waals surface area contributed by atoms with Crippen molar-refractivity contribution < 1.29 is 31.7 Å². The first-order valence-electron chi connectivity index (χ1n) is 23.7. The largest absolute Gasteiger partial charge is 0.474 e. The van der Waals surface area contributed by atoms with Crippen LogP contribution in [0.3, 0.4) is 0 Å². The Labute approximate surface area is 405 Å². The van der Waals surface area contributed by atoms with Crippen LogP contribution in [-0.4, -0.2) is 116 Å². The number of carbonyl (C=O) groups excluding carboxylic acids is 1. The molecule has 2 atom stereocenters. The van der Waals surface area contributed by atoms with Crippen molar-refractivity contribution in [1.29, 1.82) is 0 Å². The van der Waals surface area contributed by atoms with Crippen molar-refractivity contribution in [3.05, 3.63) is 111 Å². The normalized spacial score (nSPS) is 21.5. The van der Waals surface area contributed by atoms with Gasteiger partial charge in [-0.15, -0.1) is 0 Å². The van der Waals surface area contributed by atoms with Crippen molar-refractivity contribution in [2.24, 2.45) is 5.41 Å². The fourth-order valence-corrected chi connectivity index (χ4v) is 12.1. The van der Waals surface area contributed by atoms with Crippen LogP contribution in [0.5, 0.6) is 5.88 Å². The molecule has 0 saturated carbocycles. The lowest BCUT2D eigenvalue weighted by Gasteiger charge is -2.39. The predicted molar refractivity (Wildman–Crippen MR) is 264 cm³/mol. The molecule has 2 aromatic heterocycles. The topological polar surface area (TPSA) is 169 Å². The number of anilines is 4. The zero-order valence-electron chi connectivity index (χ0n) is 38.6. The summed E-state index contributed by atoms with van der Waals surface area (Å²) in [4.78, 5) is 41.7. The van der Waals surface area contributed by atoms with E-state index in [0.29, 0.717) is 42.3 Å². The molecule has 2 unspecified atom stereocenters. The van der Waals surface area contributed by atoms with Gasteiger partial charge in [-0.05, 0) is 103 Å². The van der Waals surface area contributed by atoms with Crippen molar-refractivity contribution in [3.63, 3.8) is 0 Å². The summed E-state index contributed by atoms with van der Waals surface area (Å²) in [6, 6.07) is 19.5. The number of aromatic nitrogens is 2. The van der Waals surface area contributed by atoms with Crippen molar-refractivity contribution in [2.75, 3.05) is 74.1 Å². The number of hydrogen-bond donors (Lipinski definition) is 3. The van der Waals surface area contributed by atoms with Gasteiger partial charge in [0.15, 0.2) is 0 Å². The second-order valence-electron chi connectivity index (χ2n) is 19.7. The van der Waals surface area contributed by atoms with Gasteiger partial charge in [-0.1, -0.05) is 49.6 Å². The van der Waals surface area contributed by atoms with Gasteiger partial charge in [-0.25, -0.2) is 21.9 Å². The van der Waals surface area contributed by atoms with E-state index < -0.39 is 43.4 Å². The quantitative estimate of drug-likeness (QED) is 0.0757. The molecule has 5 aliphatic rings. The molecular formula is C50H56ClF2N9O6S. The molecule has 3 saturated heterocycles. The Kier molecular flexibility index (Phi) is 12.6. The highest BCUT2D eigenvalue weighted by Gasteiger charge is 2.55. The summed E-state index contributed by atoms with van der Waals surface area (Å²) in [6.45, 7) is 9.56. The molecule has 1 amide bonds. The highest BCUT2D eigenvalue weighted by molar-refractivity contribution is 7.90. The molecule has 15 nitrogen and oxygen atoms in total. The van der Waals surface area contributed by atoms with E-state index in [4.69, 9.17) is 16.3 Å². The van der Waals surface area contributed by atoms with Crippen LogP contribution in [0.2, 0.25) is 5.02 Å². The zero-order chi connectivity index (χ0) is 48.2. The van der Waals surface area contributed by atoms with Crippen molar-refractivity contribution in [3.8, 4) is 5.88 Å². The van der Waals surface area contributed by atoms with Gasteiger partial charge in [0.05, 0.1) is 33.7 Å². The summed E-state index contributed by atoms with van der Waals surface area (Å²) >= 11 is 6.27. The van der Waals surface area contributed by atoms with E-state index in [0.717, 1.165) is 80.6 Å². The van der Waals surface area contributed by atoms with Gasteiger partial charge < -0.3 is 24.8 Å². The maximum atomic E-state index is 14.6. The first kappa shape index (κ1) is 46.9. The number of hydrogen-bond acceptors (Lipinski definition) is 12. The predicted octanol–water partition coefficient (Wildman–Crippen LogP) is 9.23. The van der Waals surface area contributed by atoms with Crippen LogP contribution in [0, 0.1) is 15.5 Å². The highest BCUT2D eigenvalue weighted by Crippen LogP contribution is 2.46. The number of ether oxygens (including phenoxy) is 1. The number of rotatable bonds is 13. The van der Waals surface area contributed by atoms with Crippen molar-refractivity contribution in [2.45, 2.75) is 81.7 Å². The molecule has 2 bridgehead atoms. The van der Waals surface area contributed by atoms with Gasteiger partial charge in [-0.3, -0.25) is 24.7 Å². The number of nitrogens with one attached hydrogen (secondary N) is 3. The second kappa shape index (κ2) is 18.5. The smallest absolute Gasteiger partial charge is 0.293 e. The van der Waals surface area contributed by atoms with E-state index in [9.17, 15) is 32.1 Å². The highest BCUT2D eigenvalue weighted by atomic mass is 35.5. The van der Waals surface area contributed by atoms with E-state index in [1.165, 1.54) is 28.8 Å². The standard InChI is InChI=1S/C50H56ClF2N9O6S/c1-49(2)16-14-34(40(30-49)32-6-8-35(51)9-7-32)31-58-20-22-59(23-21-58)36-10-12-39(42(27-36)61-24-25-68-48-44(61)26-33-15-17-55-46(33)56-48)47(63)57-69(66,67)38-11-13-41(43(28-38)62(64)65)54-18-19-60-37-4-3-5-45(60)50(52,53)29-37/h6-13,15,17,26-28,37,45,54H,3-5,14,16,18-25,29-31H2,1-2H3,(H,55,56)(H,57,63). The molecule has 19 heteroatoms. The zero-order valence-corrected chi connectivity index (χ0v) is 40.2. The van der Waals surface area contributed by atoms with E-state index >= 15 is 0 Å². The molecule has 1 aliphatic carbocycles. The van der Waals surface area contributed by atoms with Crippen LogP contribution in [0.4, 0.5) is 37.2 Å². The van der Waals surface area contributed by atoms with Gasteiger partial charge in [0.25, 0.3) is 27.5 Å². The van der Waals surface area contributed by atoms with Crippen LogP contribution in [0.1, 0.15) is 74.7 Å². The number of nitro benzene ring substituents is 1. The molecule has 69 heavy (non-hydrogen) atoms. The van der Waals surface area contributed by atoms with Gasteiger partial charge >= 0.3 is 0 Å². The number of nitrogens with zero attached hydrogens (tertiary/aromatic N) is 6. The van der Waals surface area contributed by atoms with E-state index in [-0.39, 0.29) is 48.8 Å². The summed E-state index contributed by atoms with van der Waals surface area (Å²) in [5, 5.41) is 16.8. The average molecular weight is 985 g/mol. The summed E-state index contributed by atoms with van der Waals surface area (Å²) in [7, 11) is -4.65. The molecule has 3 N–H and O–H groups in total. The van der Waals surface area contributed by atoms with Crippen LogP contribution in [-0.2, 0) is 10.0 Å². The lowest BCUT2D eigenvalue weighted by molar-refractivity contribution is -0.384. The minimum Gasteiger partial charge on any atom is -0.474 e. The summed E-state index contributed by atoms with van der Waals surface area (Å²) in [5.74, 6) is -3.35. The summed E-state index contributed by atoms with van der Waals surface area (Å²) < 4.78 is 65.4. The first-order chi connectivity index (χ1) is 33.0. The molecule has 3 fully saturated rings. The molecule has 0 spiro atoms. The third-order valence-electron chi connectivity index (χ3n) is 14.6. The lowest BCUT2D eigenvalue weighted by Crippen LogP contribution is -2.47. The summed E-state index contributed by atoms with van der Waals surface area (Å²) in [5.41, 5.74) is 6.39. The Bertz CT molecular complexity index is 2940. The van der Waals surface area contributed by atoms with E-state index in [1.807, 2.05) is 41.3 Å². The molecule has 5 aromatic rings. The SMILES string of the molecule is CC1(C)CCC(CN2CCN(c3ccc(C(=O)NS(=O)(=O)c4ccc(NCCN5C6CCCC5C(F)(F)C6)c([N+](=O)[O-])c4)c(N4CCOc5nc6[nH]ccc6cc54)c3)CC2)=C(c2ccc(Cl)cc2)C1. The molecule has 3 aromatic carbocycles. The van der Waals surface area contributed by atoms with Crippen LogP contribution in [0.15, 0.2) is 89.5 Å². The average Bonchev–Trinajstić information content (AvgIpc) is 3.83. The minimum atomic E-state index is -4.65. The Hall–Kier alpha value is -5.82. The van der Waals surface area contributed by atoms with Crippen LogP contribution < -0.4 is 24.6 Å². The van der Waals surface area contributed by atoms with E-state index in [1.54, 1.807) is 17.2 Å². The van der Waals surface area contributed by atoms with Crippen molar-refractivity contribution in [1.82, 2.24) is 24.5 Å². The molecule has 6 heterocycles. The number of fused-ring (bicyclic) bond motifs is 4. The number of H-pyrrole nitrogens is 1. The number of allylic oxidation sites excluding steroid dienone is 1. The fraction of sp³-hybridized carbons (Fsp3) is 0.440. The number of piperidine rings is 1. The van der Waals surface area contributed by atoms with E-state index in [2.05, 4.69) is 55.8 Å². The number of amides is 1. The van der Waals surface area contributed by atoms with Crippen LogP contribution in [0.25, 0.3) is 16.6 Å². The second-order valence-corrected chi connectivity index (χ2v) is 21.8. The number of pyridine rings is 1. The lowest BCUT2D eigenvalue weighted by atomic mass is 9.72. The number of piperazine rings is 1. The van der Waals surface area contributed by atoms with Crippen molar-refractivity contribution >= 4 is 72.6 Å². The third-order valence-corrected chi connectivity index (χ3v) is 16.2. The number of sulfonamides is 1. The number of halogens is 3. The molecule has 0 radical (unpaired) electrons. The van der Waals surface area contributed by atoms with Gasteiger partial charge in [-0.2, -0.15) is 4.98 Å². The third kappa shape index (κ3) is 9.60. The number of carbonyl (C=O) groups is 1. The number of benzene rings is 3. The monoisotopic (exact) mass is 983 g/mol. The number of nitro groups is 1. The fourth-order valence-electron chi connectivity index (χ4n) is 11.0. The Balaban J connectivity index is 0.887. The molecule has 10 rings (SSSR count). The molecule has 364 valence electrons. The Morgan fingerprint density at radius 2 is 1.80 bits per heavy atom. The number of aromatic amines is 1. The minimum absolute atomic E-state index is 0.0361. The first-order valence-corrected chi connectivity index (χ1v) is 25.6.